The van der Waals surface area contributed by atoms with Crippen LogP contribution in [-0.2, 0) is 9.53 Å². The zero-order chi connectivity index (χ0) is 17.8. The Morgan fingerprint density at radius 2 is 2.19 bits per heavy atom. The van der Waals surface area contributed by atoms with E-state index < -0.39 is 6.10 Å². The van der Waals surface area contributed by atoms with E-state index in [9.17, 15) is 9.90 Å². The molecular formula is C22H29NO3. The zero-order valence-corrected chi connectivity index (χ0v) is 15.8. The van der Waals surface area contributed by atoms with Gasteiger partial charge in [0.2, 0.25) is 0 Å². The molecule has 4 heteroatoms. The first-order valence-corrected chi connectivity index (χ1v) is 10.7. The number of carbonyl (C=O) groups is 1. The Hall–Kier alpha value is -0.710. The second-order valence-electron chi connectivity index (χ2n) is 10.8. The van der Waals surface area contributed by atoms with Crippen LogP contribution in [0.1, 0.15) is 46.0 Å². The van der Waals surface area contributed by atoms with Crippen molar-refractivity contribution in [1.82, 2.24) is 4.90 Å². The average Bonchev–Trinajstić information content (AvgIpc) is 3.17. The van der Waals surface area contributed by atoms with Crippen molar-refractivity contribution < 1.29 is 14.6 Å². The van der Waals surface area contributed by atoms with Crippen LogP contribution in [0.15, 0.2) is 12.2 Å². The summed E-state index contributed by atoms with van der Waals surface area (Å²) in [4.78, 5) is 15.7. The summed E-state index contributed by atoms with van der Waals surface area (Å²) in [5.74, 6) is 1.74. The van der Waals surface area contributed by atoms with Crippen molar-refractivity contribution in [3.8, 4) is 0 Å². The van der Waals surface area contributed by atoms with Crippen molar-refractivity contribution in [2.75, 3.05) is 6.54 Å². The number of nitrogens with zero attached hydrogens (tertiary/aromatic N) is 1. The van der Waals surface area contributed by atoms with E-state index in [1.807, 2.05) is 0 Å². The zero-order valence-electron chi connectivity index (χ0n) is 15.8. The minimum Gasteiger partial charge on any atom is -0.388 e. The number of rotatable bonds is 1. The van der Waals surface area contributed by atoms with E-state index in [0.29, 0.717) is 42.1 Å². The van der Waals surface area contributed by atoms with Gasteiger partial charge in [0.15, 0.2) is 0 Å². The summed E-state index contributed by atoms with van der Waals surface area (Å²) in [6, 6.07) is 0.506. The topological polar surface area (TPSA) is 49.8 Å². The van der Waals surface area contributed by atoms with E-state index in [0.717, 1.165) is 25.0 Å². The second-order valence-corrected chi connectivity index (χ2v) is 10.8. The van der Waals surface area contributed by atoms with E-state index in [-0.39, 0.29) is 28.4 Å². The van der Waals surface area contributed by atoms with E-state index >= 15 is 0 Å². The molecule has 9 fully saturated rings. The molecule has 11 atom stereocenters. The fraction of sp³-hybridized carbons (Fsp3) is 0.864. The summed E-state index contributed by atoms with van der Waals surface area (Å²) in [6.07, 6.45) is 5.21. The van der Waals surface area contributed by atoms with Crippen molar-refractivity contribution in [3.05, 3.63) is 12.2 Å². The van der Waals surface area contributed by atoms with E-state index in [1.54, 1.807) is 0 Å². The number of hydrogen-bond acceptors (Lipinski definition) is 4. The Bertz CT molecular complexity index is 779. The first kappa shape index (κ1) is 15.2. The number of fused-ring (bicyclic) bond motifs is 2. The number of hydrogen-bond donors (Lipinski definition) is 1. The van der Waals surface area contributed by atoms with Gasteiger partial charge in [-0.2, -0.15) is 0 Å². The molecule has 26 heavy (non-hydrogen) atoms. The number of piperidine rings is 1. The van der Waals surface area contributed by atoms with E-state index in [2.05, 4.69) is 25.3 Å². The molecule has 0 aromatic heterocycles. The summed E-state index contributed by atoms with van der Waals surface area (Å²) >= 11 is 0. The molecule has 9 aliphatic rings. The Morgan fingerprint density at radius 1 is 1.38 bits per heavy atom. The predicted molar refractivity (Wildman–Crippen MR) is 95.0 cm³/mol. The Balaban J connectivity index is 1.52. The van der Waals surface area contributed by atoms with Gasteiger partial charge in [0.05, 0.1) is 12.2 Å². The minimum atomic E-state index is -0.487. The van der Waals surface area contributed by atoms with Crippen LogP contribution in [0, 0.1) is 39.9 Å². The van der Waals surface area contributed by atoms with Crippen LogP contribution < -0.4 is 0 Å². The molecule has 4 nitrogen and oxygen atoms in total. The molecule has 2 spiro atoms. The summed E-state index contributed by atoms with van der Waals surface area (Å²) < 4.78 is 6.75. The number of carbonyl (C=O) groups excluding carboxylic acids is 1. The van der Waals surface area contributed by atoms with Gasteiger partial charge in [0.1, 0.15) is 12.0 Å². The maximum absolute atomic E-state index is 13.0. The van der Waals surface area contributed by atoms with Gasteiger partial charge in [-0.3, -0.25) is 9.69 Å². The van der Waals surface area contributed by atoms with Crippen molar-refractivity contribution in [1.29, 1.82) is 0 Å². The SMILES string of the molecule is C=C1[C@@H]2C[C@]3(C(CC2=O)[C@]24C5C[C@H]3[C@H]2N(CC)[C@H]2O[C@H]4CC[C@]52C)[C@@H]1O. The second kappa shape index (κ2) is 4.01. The smallest absolute Gasteiger partial charge is 0.140 e. The lowest BCUT2D eigenvalue weighted by Gasteiger charge is -2.73. The number of aliphatic hydroxyl groups is 1. The number of Topliss-reactive ketones (excluding diaryl/α,β-unsaturated/α-hetero) is 1. The Morgan fingerprint density at radius 3 is 2.96 bits per heavy atom. The molecule has 4 saturated heterocycles. The number of ether oxygens (including phenoxy) is 1. The maximum Gasteiger partial charge on any atom is 0.140 e. The van der Waals surface area contributed by atoms with Crippen LogP contribution in [-0.4, -0.2) is 46.8 Å². The minimum absolute atomic E-state index is 0.0853. The lowest BCUT2D eigenvalue weighted by molar-refractivity contribution is -0.370. The third-order valence-electron chi connectivity index (χ3n) is 10.8. The number of ketones is 1. The molecule has 4 heterocycles. The van der Waals surface area contributed by atoms with Gasteiger partial charge in [-0.1, -0.05) is 20.4 Å². The van der Waals surface area contributed by atoms with Crippen molar-refractivity contribution >= 4 is 5.78 Å². The van der Waals surface area contributed by atoms with Gasteiger partial charge in [-0.15, -0.1) is 0 Å². The quantitative estimate of drug-likeness (QED) is 0.734. The third kappa shape index (κ3) is 1.11. The summed E-state index contributed by atoms with van der Waals surface area (Å²) in [5.41, 5.74) is 1.03. The standard InChI is InChI=1S/C22H29NO3/c1-4-23-17-12-7-14-20(3)6-5-16(26-19(20)23)22(14,17)15-8-13(24)11-9-21(12,15)18(25)10(11)2/h11-12,14-19,25H,2,4-9H2,1,3H3/t11-,12-,14?,15?,16-,17+,18+,19-,20+,21-,22-/m0/s1. The van der Waals surface area contributed by atoms with Crippen LogP contribution in [0.3, 0.4) is 0 Å². The van der Waals surface area contributed by atoms with Crippen LogP contribution in [0.2, 0.25) is 0 Å². The van der Waals surface area contributed by atoms with Crippen LogP contribution in [0.5, 0.6) is 0 Å². The molecule has 9 rings (SSSR count). The predicted octanol–water partition coefficient (Wildman–Crippen LogP) is 2.36. The van der Waals surface area contributed by atoms with Crippen LogP contribution in [0.4, 0.5) is 0 Å². The van der Waals surface area contributed by atoms with Crippen LogP contribution >= 0.6 is 0 Å². The molecule has 5 saturated carbocycles. The molecule has 1 N–H and O–H groups in total. The maximum atomic E-state index is 13.0. The highest BCUT2D eigenvalue weighted by atomic mass is 16.5. The van der Waals surface area contributed by atoms with Gasteiger partial charge in [-0.05, 0) is 55.6 Å². The lowest BCUT2D eigenvalue weighted by Crippen LogP contribution is -2.78. The first-order valence-electron chi connectivity index (χ1n) is 10.7. The highest BCUT2D eigenvalue weighted by molar-refractivity contribution is 5.87. The van der Waals surface area contributed by atoms with E-state index in [4.69, 9.17) is 4.74 Å². The fourth-order valence-electron chi connectivity index (χ4n) is 10.3. The van der Waals surface area contributed by atoms with Crippen molar-refractivity contribution in [3.63, 3.8) is 0 Å². The highest BCUT2D eigenvalue weighted by Gasteiger charge is 2.88. The molecule has 4 aliphatic heterocycles. The molecule has 2 unspecified atom stereocenters. The molecule has 0 radical (unpaired) electrons. The molecule has 0 aromatic rings. The summed E-state index contributed by atoms with van der Waals surface area (Å²) in [7, 11) is 0. The fourth-order valence-corrected chi connectivity index (χ4v) is 10.3. The van der Waals surface area contributed by atoms with E-state index in [1.165, 1.54) is 12.8 Å². The monoisotopic (exact) mass is 355 g/mol. The molecule has 5 aliphatic carbocycles. The third-order valence-corrected chi connectivity index (χ3v) is 10.8. The van der Waals surface area contributed by atoms with Crippen molar-refractivity contribution in [2.45, 2.75) is 70.4 Å². The van der Waals surface area contributed by atoms with Gasteiger partial charge >= 0.3 is 0 Å². The number of aliphatic hydroxyl groups excluding tert-OH is 1. The van der Waals surface area contributed by atoms with Gasteiger partial charge in [-0.25, -0.2) is 0 Å². The van der Waals surface area contributed by atoms with Gasteiger partial charge < -0.3 is 9.84 Å². The lowest BCUT2D eigenvalue weighted by atomic mass is 9.41. The Labute approximate surface area is 155 Å². The molecule has 9 bridgehead atoms. The largest absolute Gasteiger partial charge is 0.388 e. The van der Waals surface area contributed by atoms with Crippen molar-refractivity contribution in [2.24, 2.45) is 39.9 Å². The first-order chi connectivity index (χ1) is 12.4. The normalized spacial score (nSPS) is 66.7. The molecule has 140 valence electrons. The molecular weight excluding hydrogens is 326 g/mol. The average molecular weight is 355 g/mol. The summed E-state index contributed by atoms with van der Waals surface area (Å²) in [5, 5.41) is 11.4. The molecule has 0 aromatic carbocycles. The highest BCUT2D eigenvalue weighted by Crippen LogP contribution is 2.86. The van der Waals surface area contributed by atoms with Gasteiger partial charge in [0, 0.05) is 34.6 Å². The molecule has 0 amide bonds. The van der Waals surface area contributed by atoms with Gasteiger partial charge in [0.25, 0.3) is 0 Å². The summed E-state index contributed by atoms with van der Waals surface area (Å²) in [6.45, 7) is 9.94. The van der Waals surface area contributed by atoms with Crippen LogP contribution in [0.25, 0.3) is 0 Å². The Kier molecular flexibility index (Phi) is 2.35.